The molecule has 1 fully saturated rings. The van der Waals surface area contributed by atoms with Gasteiger partial charge < -0.3 is 20.0 Å². The van der Waals surface area contributed by atoms with E-state index in [4.69, 9.17) is 0 Å². The Bertz CT molecular complexity index is 946. The van der Waals surface area contributed by atoms with Crippen molar-refractivity contribution in [1.82, 2.24) is 9.80 Å². The molecule has 1 N–H and O–H groups in total. The minimum atomic E-state index is -0.298. The number of rotatable bonds is 4. The third kappa shape index (κ3) is 4.39. The van der Waals surface area contributed by atoms with Crippen molar-refractivity contribution in [2.24, 2.45) is 0 Å². The predicted octanol–water partition coefficient (Wildman–Crippen LogP) is 3.34. The van der Waals surface area contributed by atoms with Gasteiger partial charge in [0.1, 0.15) is 0 Å². The number of hydrogen-bond acceptors (Lipinski definition) is 4. The van der Waals surface area contributed by atoms with Crippen LogP contribution in [-0.2, 0) is 9.59 Å². The first kappa shape index (κ1) is 20.2. The van der Waals surface area contributed by atoms with Crippen LogP contribution in [0.15, 0.2) is 54.7 Å². The smallest absolute Gasteiger partial charge is 0.226 e. The Kier molecular flexibility index (Phi) is 5.86. The highest BCUT2D eigenvalue weighted by Gasteiger charge is 2.28. The molecule has 2 aromatic carbocycles. The van der Waals surface area contributed by atoms with Crippen molar-refractivity contribution in [2.45, 2.75) is 19.4 Å². The van der Waals surface area contributed by atoms with Crippen molar-refractivity contribution in [1.29, 1.82) is 0 Å². The normalized spacial score (nSPS) is 18.8. The first-order chi connectivity index (χ1) is 14.5. The van der Waals surface area contributed by atoms with Crippen LogP contribution in [0, 0.1) is 0 Å². The lowest BCUT2D eigenvalue weighted by atomic mass is 9.93. The van der Waals surface area contributed by atoms with E-state index in [1.54, 1.807) is 11.1 Å². The van der Waals surface area contributed by atoms with E-state index in [2.05, 4.69) is 34.3 Å². The zero-order valence-corrected chi connectivity index (χ0v) is 17.5. The molecule has 0 aromatic heterocycles. The first-order valence-electron chi connectivity index (χ1n) is 10.4. The molecule has 0 radical (unpaired) electrons. The number of amides is 2. The molecule has 30 heavy (non-hydrogen) atoms. The van der Waals surface area contributed by atoms with Crippen LogP contribution < -0.4 is 10.2 Å². The minimum absolute atomic E-state index is 0.0740. The first-order valence-corrected chi connectivity index (χ1v) is 10.4. The molecule has 156 valence electrons. The fraction of sp³-hybridized carbons (Fsp3) is 0.333. The molecule has 2 amide bonds. The number of benzene rings is 2. The van der Waals surface area contributed by atoms with E-state index >= 15 is 0 Å². The molecule has 1 saturated heterocycles. The van der Waals surface area contributed by atoms with Crippen LogP contribution in [0.25, 0.3) is 6.08 Å². The summed E-state index contributed by atoms with van der Waals surface area (Å²) in [5, 5.41) is 2.99. The number of likely N-dealkylation sites (N-methyl/N-ethyl adjacent to an activating group) is 1. The zero-order chi connectivity index (χ0) is 21.1. The van der Waals surface area contributed by atoms with E-state index in [0.29, 0.717) is 0 Å². The summed E-state index contributed by atoms with van der Waals surface area (Å²) >= 11 is 0. The van der Waals surface area contributed by atoms with Crippen molar-refractivity contribution in [3.8, 4) is 0 Å². The predicted molar refractivity (Wildman–Crippen MR) is 120 cm³/mol. The lowest BCUT2D eigenvalue weighted by Crippen LogP contribution is -2.44. The molecule has 2 heterocycles. The molecule has 2 aliphatic heterocycles. The Balaban J connectivity index is 1.42. The molecule has 0 saturated carbocycles. The molecule has 0 spiro atoms. The fourth-order valence-electron chi connectivity index (χ4n) is 4.12. The highest BCUT2D eigenvalue weighted by atomic mass is 16.2. The Morgan fingerprint density at radius 1 is 1.00 bits per heavy atom. The van der Waals surface area contributed by atoms with Gasteiger partial charge in [-0.05, 0) is 48.5 Å². The van der Waals surface area contributed by atoms with Crippen LogP contribution in [0.1, 0.15) is 30.5 Å². The van der Waals surface area contributed by atoms with Gasteiger partial charge in [-0.2, -0.15) is 0 Å². The standard InChI is InChI=1S/C24H28N4O2/c1-18(29)28-12-11-19-5-3-4-6-22(19)23(28)17-24(30)25-20-7-9-21(10-8-20)27-15-13-26(2)14-16-27/h3-12,23H,13-17H2,1-2H3,(H,25,30). The summed E-state index contributed by atoms with van der Waals surface area (Å²) in [5.41, 5.74) is 3.99. The molecule has 6 nitrogen and oxygen atoms in total. The summed E-state index contributed by atoms with van der Waals surface area (Å²) in [4.78, 5) is 31.2. The molecule has 1 atom stereocenters. The summed E-state index contributed by atoms with van der Waals surface area (Å²) in [5.74, 6) is -0.182. The maximum atomic E-state index is 12.8. The molecular weight excluding hydrogens is 376 g/mol. The van der Waals surface area contributed by atoms with Gasteiger partial charge in [0, 0.05) is 50.7 Å². The second-order valence-electron chi connectivity index (χ2n) is 7.98. The lowest BCUT2D eigenvalue weighted by Gasteiger charge is -2.34. The molecule has 6 heteroatoms. The van der Waals surface area contributed by atoms with Crippen LogP contribution in [0.4, 0.5) is 11.4 Å². The highest BCUT2D eigenvalue weighted by molar-refractivity contribution is 5.92. The molecule has 2 aromatic rings. The molecular formula is C24H28N4O2. The Morgan fingerprint density at radius 3 is 2.40 bits per heavy atom. The van der Waals surface area contributed by atoms with Gasteiger partial charge in [-0.1, -0.05) is 24.3 Å². The second kappa shape index (κ2) is 8.71. The van der Waals surface area contributed by atoms with E-state index in [-0.39, 0.29) is 24.3 Å². The summed E-state index contributed by atoms with van der Waals surface area (Å²) in [7, 11) is 2.14. The Morgan fingerprint density at radius 2 is 1.70 bits per heavy atom. The van der Waals surface area contributed by atoms with E-state index in [1.807, 2.05) is 42.5 Å². The number of piperazine rings is 1. The number of carbonyl (C=O) groups excluding carboxylic acids is 2. The summed E-state index contributed by atoms with van der Waals surface area (Å²) in [6, 6.07) is 15.6. The minimum Gasteiger partial charge on any atom is -0.369 e. The number of carbonyl (C=O) groups is 2. The quantitative estimate of drug-likeness (QED) is 0.849. The molecule has 1 unspecified atom stereocenters. The molecule has 2 aliphatic rings. The number of nitrogens with zero attached hydrogens (tertiary/aromatic N) is 3. The number of fused-ring (bicyclic) bond motifs is 1. The number of hydrogen-bond donors (Lipinski definition) is 1. The van der Waals surface area contributed by atoms with Crippen molar-refractivity contribution < 1.29 is 9.59 Å². The monoisotopic (exact) mass is 404 g/mol. The average Bonchev–Trinajstić information content (AvgIpc) is 2.75. The summed E-state index contributed by atoms with van der Waals surface area (Å²) < 4.78 is 0. The van der Waals surface area contributed by atoms with Crippen LogP contribution >= 0.6 is 0 Å². The zero-order valence-electron chi connectivity index (χ0n) is 17.5. The summed E-state index contributed by atoms with van der Waals surface area (Å²) in [6.45, 7) is 5.67. The fourth-order valence-corrected chi connectivity index (χ4v) is 4.12. The molecule has 0 aliphatic carbocycles. The second-order valence-corrected chi connectivity index (χ2v) is 7.98. The maximum Gasteiger partial charge on any atom is 0.226 e. The van der Waals surface area contributed by atoms with Gasteiger partial charge in [0.05, 0.1) is 12.5 Å². The third-order valence-corrected chi connectivity index (χ3v) is 5.87. The SMILES string of the molecule is CC(=O)N1C=Cc2ccccc2C1CC(=O)Nc1ccc(N2CCN(C)CC2)cc1. The summed E-state index contributed by atoms with van der Waals surface area (Å²) in [6.07, 6.45) is 3.90. The van der Waals surface area contributed by atoms with E-state index < -0.39 is 0 Å². The molecule has 4 rings (SSSR count). The van der Waals surface area contributed by atoms with Crippen LogP contribution in [0.2, 0.25) is 0 Å². The van der Waals surface area contributed by atoms with Crippen LogP contribution in [0.3, 0.4) is 0 Å². The highest BCUT2D eigenvalue weighted by Crippen LogP contribution is 2.33. The van der Waals surface area contributed by atoms with Gasteiger partial charge in [0.2, 0.25) is 11.8 Å². The lowest BCUT2D eigenvalue weighted by molar-refractivity contribution is -0.129. The Hall–Kier alpha value is -3.12. The van der Waals surface area contributed by atoms with Crippen molar-refractivity contribution in [2.75, 3.05) is 43.4 Å². The topological polar surface area (TPSA) is 55.9 Å². The van der Waals surface area contributed by atoms with Gasteiger partial charge in [-0.3, -0.25) is 9.59 Å². The number of anilines is 2. The van der Waals surface area contributed by atoms with E-state index in [1.165, 1.54) is 12.6 Å². The van der Waals surface area contributed by atoms with E-state index in [0.717, 1.165) is 43.0 Å². The van der Waals surface area contributed by atoms with Crippen molar-refractivity contribution >= 4 is 29.3 Å². The maximum absolute atomic E-state index is 12.8. The largest absolute Gasteiger partial charge is 0.369 e. The van der Waals surface area contributed by atoms with Crippen LogP contribution in [-0.4, -0.2) is 54.8 Å². The van der Waals surface area contributed by atoms with E-state index in [9.17, 15) is 9.59 Å². The van der Waals surface area contributed by atoms with Crippen LogP contribution in [0.5, 0.6) is 0 Å². The van der Waals surface area contributed by atoms with Gasteiger partial charge in [-0.25, -0.2) is 0 Å². The van der Waals surface area contributed by atoms with Gasteiger partial charge in [-0.15, -0.1) is 0 Å². The Labute approximate surface area is 177 Å². The van der Waals surface area contributed by atoms with Gasteiger partial charge >= 0.3 is 0 Å². The third-order valence-electron chi connectivity index (χ3n) is 5.87. The van der Waals surface area contributed by atoms with Gasteiger partial charge in [0.15, 0.2) is 0 Å². The average molecular weight is 405 g/mol. The van der Waals surface area contributed by atoms with Crippen molar-refractivity contribution in [3.63, 3.8) is 0 Å². The van der Waals surface area contributed by atoms with Crippen molar-refractivity contribution in [3.05, 3.63) is 65.9 Å². The molecule has 0 bridgehead atoms. The number of nitrogens with one attached hydrogen (secondary N) is 1. The van der Waals surface area contributed by atoms with Gasteiger partial charge in [0.25, 0.3) is 0 Å².